The molecule has 2 atom stereocenters. The van der Waals surface area contributed by atoms with Gasteiger partial charge in [-0.1, -0.05) is 63.1 Å². The predicted molar refractivity (Wildman–Crippen MR) is 173 cm³/mol. The van der Waals surface area contributed by atoms with E-state index >= 15 is 0 Å². The Kier molecular flexibility index (Phi) is 18.2. The van der Waals surface area contributed by atoms with Gasteiger partial charge in [0, 0.05) is 18.7 Å². The zero-order valence-electron chi connectivity index (χ0n) is 26.8. The maximum Gasteiger partial charge on any atom is 0.408 e. The van der Waals surface area contributed by atoms with Crippen LogP contribution in [0.3, 0.4) is 0 Å². The molecule has 0 aromatic heterocycles. The number of hydrogen-bond donors (Lipinski definition) is 2. The first-order valence-corrected chi connectivity index (χ1v) is 16.7. The Balaban J connectivity index is 3.49. The molecule has 1 aromatic rings. The summed E-state index contributed by atoms with van der Waals surface area (Å²) in [5.41, 5.74) is 0.232. The molecule has 43 heavy (non-hydrogen) atoms. The molecule has 1 aromatic carbocycles. The first-order valence-electron chi connectivity index (χ1n) is 15.3. The number of thioether (sulfide) groups is 1. The second-order valence-electron chi connectivity index (χ2n) is 11.3. The lowest BCUT2D eigenvalue weighted by atomic mass is 9.96. The molecule has 0 fully saturated rings. The number of terminal acetylenes is 1. The van der Waals surface area contributed by atoms with Gasteiger partial charge in [-0.05, 0) is 64.2 Å². The zero-order valence-corrected chi connectivity index (χ0v) is 27.6. The largest absolute Gasteiger partial charge is 0.466 e. The van der Waals surface area contributed by atoms with Crippen LogP contribution in [0.15, 0.2) is 24.3 Å². The summed E-state index contributed by atoms with van der Waals surface area (Å²) in [7, 11) is 0. The summed E-state index contributed by atoms with van der Waals surface area (Å²) in [4.78, 5) is 54.5. The minimum Gasteiger partial charge on any atom is -0.466 e. The number of esters is 1. The van der Waals surface area contributed by atoms with Gasteiger partial charge >= 0.3 is 12.1 Å². The average Bonchev–Trinajstić information content (AvgIpc) is 2.95. The van der Waals surface area contributed by atoms with Crippen molar-refractivity contribution < 1.29 is 28.7 Å². The topological polar surface area (TPSA) is 114 Å². The highest BCUT2D eigenvalue weighted by molar-refractivity contribution is 7.98. The van der Waals surface area contributed by atoms with Crippen molar-refractivity contribution in [1.29, 1.82) is 0 Å². The van der Waals surface area contributed by atoms with E-state index in [4.69, 9.17) is 15.9 Å². The van der Waals surface area contributed by atoms with E-state index < -0.39 is 41.6 Å². The summed E-state index contributed by atoms with van der Waals surface area (Å²) in [5, 5.41) is 5.57. The Bertz CT molecular complexity index is 1070. The molecule has 0 radical (unpaired) electrons. The van der Waals surface area contributed by atoms with Crippen LogP contribution in [-0.2, 0) is 23.9 Å². The van der Waals surface area contributed by atoms with Gasteiger partial charge in [0.05, 0.1) is 13.0 Å². The fourth-order valence-corrected chi connectivity index (χ4v) is 4.98. The standard InChI is InChI=1S/C33H51N3O6S/c1-8-11-12-13-14-17-23-36(31(39)27(21-24-43-7)35-32(40)42-33(4,5)6)29(26-19-16-15-18-25(26)9-2)30(38)34-22-20-28(37)41-10-3/h2,15-16,18-19,27,29H,8,10-14,17,20-24H2,1,3-7H3,(H,34,38)(H,35,40). The Morgan fingerprint density at radius 1 is 1.05 bits per heavy atom. The minimum atomic E-state index is -1.07. The Labute approximate surface area is 262 Å². The molecule has 0 saturated heterocycles. The number of carbonyl (C=O) groups excluding carboxylic acids is 4. The van der Waals surface area contributed by atoms with Crippen molar-refractivity contribution in [3.63, 3.8) is 0 Å². The van der Waals surface area contributed by atoms with Crippen molar-refractivity contribution in [1.82, 2.24) is 15.5 Å². The molecule has 2 N–H and O–H groups in total. The first-order chi connectivity index (χ1) is 20.5. The van der Waals surface area contributed by atoms with Gasteiger partial charge in [0.15, 0.2) is 0 Å². The fourth-order valence-electron chi connectivity index (χ4n) is 4.51. The normalized spacial score (nSPS) is 12.4. The van der Waals surface area contributed by atoms with E-state index in [1.165, 1.54) is 4.90 Å². The van der Waals surface area contributed by atoms with Crippen molar-refractivity contribution >= 4 is 35.6 Å². The zero-order chi connectivity index (χ0) is 32.3. The van der Waals surface area contributed by atoms with E-state index in [0.717, 1.165) is 32.1 Å². The van der Waals surface area contributed by atoms with Crippen molar-refractivity contribution in [3.05, 3.63) is 35.4 Å². The van der Waals surface area contributed by atoms with Gasteiger partial charge < -0.3 is 25.0 Å². The monoisotopic (exact) mass is 617 g/mol. The van der Waals surface area contributed by atoms with Gasteiger partial charge in [-0.3, -0.25) is 14.4 Å². The van der Waals surface area contributed by atoms with E-state index in [2.05, 4.69) is 23.5 Å². The van der Waals surface area contributed by atoms with E-state index in [9.17, 15) is 19.2 Å². The molecule has 0 aliphatic heterocycles. The number of hydrogen-bond acceptors (Lipinski definition) is 7. The number of nitrogens with one attached hydrogen (secondary N) is 2. The van der Waals surface area contributed by atoms with Crippen LogP contribution in [0.4, 0.5) is 4.79 Å². The molecular weight excluding hydrogens is 566 g/mol. The highest BCUT2D eigenvalue weighted by Gasteiger charge is 2.36. The summed E-state index contributed by atoms with van der Waals surface area (Å²) < 4.78 is 10.5. The molecule has 10 heteroatoms. The smallest absolute Gasteiger partial charge is 0.408 e. The molecule has 0 spiro atoms. The third-order valence-corrected chi connectivity index (χ3v) is 7.18. The molecule has 240 valence electrons. The summed E-state index contributed by atoms with van der Waals surface area (Å²) in [6, 6.07) is 5.02. The van der Waals surface area contributed by atoms with Gasteiger partial charge in [-0.25, -0.2) is 4.79 Å². The molecule has 0 aliphatic rings. The number of rotatable bonds is 19. The number of carbonyl (C=O) groups is 4. The third-order valence-electron chi connectivity index (χ3n) is 6.54. The van der Waals surface area contributed by atoms with Crippen LogP contribution < -0.4 is 10.6 Å². The van der Waals surface area contributed by atoms with Crippen molar-refractivity contribution in [2.24, 2.45) is 0 Å². The lowest BCUT2D eigenvalue weighted by Crippen LogP contribution is -2.53. The highest BCUT2D eigenvalue weighted by Crippen LogP contribution is 2.27. The molecule has 9 nitrogen and oxygen atoms in total. The van der Waals surface area contributed by atoms with E-state index in [1.807, 2.05) is 6.26 Å². The first kappa shape index (κ1) is 37.8. The number of unbranched alkanes of at least 4 members (excludes halogenated alkanes) is 5. The van der Waals surface area contributed by atoms with Crippen molar-refractivity contribution in [3.8, 4) is 12.3 Å². The Morgan fingerprint density at radius 2 is 1.72 bits per heavy atom. The van der Waals surface area contributed by atoms with Gasteiger partial charge in [-0.15, -0.1) is 6.42 Å². The van der Waals surface area contributed by atoms with E-state index in [0.29, 0.717) is 29.7 Å². The van der Waals surface area contributed by atoms with Crippen LogP contribution >= 0.6 is 11.8 Å². The minimum absolute atomic E-state index is 0.00892. The SMILES string of the molecule is C#Cc1ccccc1C(C(=O)NCCC(=O)OCC)N(CCCCCCCC)C(=O)C(CCSC)NC(=O)OC(C)(C)C. The summed E-state index contributed by atoms with van der Waals surface area (Å²) in [6.07, 6.45) is 13.3. The maximum atomic E-state index is 14.3. The van der Waals surface area contributed by atoms with Crippen LogP contribution in [0.1, 0.15) is 103 Å². The highest BCUT2D eigenvalue weighted by atomic mass is 32.2. The van der Waals surface area contributed by atoms with E-state index in [-0.39, 0.29) is 26.1 Å². The number of benzene rings is 1. The number of nitrogens with zero attached hydrogens (tertiary/aromatic N) is 1. The molecule has 3 amide bonds. The third kappa shape index (κ3) is 14.7. The molecular formula is C33H51N3O6S. The van der Waals surface area contributed by atoms with Crippen LogP contribution in [0.2, 0.25) is 0 Å². The second kappa shape index (κ2) is 20.7. The van der Waals surface area contributed by atoms with Crippen LogP contribution in [0.25, 0.3) is 0 Å². The lowest BCUT2D eigenvalue weighted by molar-refractivity contribution is -0.144. The predicted octanol–water partition coefficient (Wildman–Crippen LogP) is 5.61. The number of ether oxygens (including phenoxy) is 2. The van der Waals surface area contributed by atoms with Gasteiger partial charge in [-0.2, -0.15) is 11.8 Å². The fraction of sp³-hybridized carbons (Fsp3) is 0.636. The van der Waals surface area contributed by atoms with E-state index in [1.54, 1.807) is 63.7 Å². The number of alkyl carbamates (subject to hydrolysis) is 1. The van der Waals surface area contributed by atoms with Crippen molar-refractivity contribution in [2.45, 2.75) is 104 Å². The average molecular weight is 618 g/mol. The summed E-state index contributed by atoms with van der Waals surface area (Å²) >= 11 is 1.55. The Hall–Kier alpha value is -3.19. The molecule has 0 saturated carbocycles. The second-order valence-corrected chi connectivity index (χ2v) is 12.2. The van der Waals surface area contributed by atoms with Crippen LogP contribution in [0, 0.1) is 12.3 Å². The number of amides is 3. The lowest BCUT2D eigenvalue weighted by Gasteiger charge is -2.35. The quantitative estimate of drug-likeness (QED) is 0.118. The van der Waals surface area contributed by atoms with Gasteiger partial charge in [0.1, 0.15) is 17.7 Å². The van der Waals surface area contributed by atoms with Crippen LogP contribution in [0.5, 0.6) is 0 Å². The van der Waals surface area contributed by atoms with Gasteiger partial charge in [0.2, 0.25) is 11.8 Å². The molecule has 2 unspecified atom stereocenters. The summed E-state index contributed by atoms with van der Waals surface area (Å²) in [6.45, 7) is 9.70. The van der Waals surface area contributed by atoms with Crippen LogP contribution in [-0.4, -0.2) is 72.1 Å². The molecule has 0 heterocycles. The van der Waals surface area contributed by atoms with Crippen molar-refractivity contribution in [2.75, 3.05) is 31.7 Å². The summed E-state index contributed by atoms with van der Waals surface area (Å²) in [5.74, 6) is 1.96. The molecule has 0 bridgehead atoms. The molecule has 0 aliphatic carbocycles. The Morgan fingerprint density at radius 3 is 2.35 bits per heavy atom. The van der Waals surface area contributed by atoms with Gasteiger partial charge in [0.25, 0.3) is 0 Å². The maximum absolute atomic E-state index is 14.3. The molecule has 1 rings (SSSR count).